The van der Waals surface area contributed by atoms with Gasteiger partial charge in [-0.25, -0.2) is 0 Å². The summed E-state index contributed by atoms with van der Waals surface area (Å²) in [6, 6.07) is 0.179. The minimum absolute atomic E-state index is 0.0947. The van der Waals surface area contributed by atoms with E-state index in [0.717, 1.165) is 22.2 Å². The lowest BCUT2D eigenvalue weighted by Gasteiger charge is -2.23. The summed E-state index contributed by atoms with van der Waals surface area (Å²) in [4.78, 5) is 22.4. The average Bonchev–Trinajstić information content (AvgIpc) is 2.95. The Kier molecular flexibility index (Phi) is 6.87. The third-order valence-corrected chi connectivity index (χ3v) is 5.04. The van der Waals surface area contributed by atoms with Gasteiger partial charge < -0.3 is 0 Å². The van der Waals surface area contributed by atoms with E-state index in [9.17, 15) is 4.79 Å². The summed E-state index contributed by atoms with van der Waals surface area (Å²) in [6.45, 7) is 4.40. The molecule has 124 valence electrons. The van der Waals surface area contributed by atoms with Crippen molar-refractivity contribution in [2.45, 2.75) is 30.6 Å². The maximum absolute atomic E-state index is 12.1. The molecule has 0 aliphatic heterocycles. The summed E-state index contributed by atoms with van der Waals surface area (Å²) in [5.74, 6) is 0.841. The standard InChI is InChI=1S/C14H20N6OS2/c1-4-22-14-19-18-13(23-14)17-12(21)9-20(3)10(2)7-11-8-15-5-6-16-11/h5-6,8,10H,4,7,9H2,1-3H3,(H,17,18,21)/t10-/m1/s1. The molecule has 1 atom stereocenters. The summed E-state index contributed by atoms with van der Waals surface area (Å²) in [7, 11) is 1.92. The lowest BCUT2D eigenvalue weighted by molar-refractivity contribution is -0.117. The third kappa shape index (κ3) is 5.85. The summed E-state index contributed by atoms with van der Waals surface area (Å²) in [5.41, 5.74) is 0.914. The molecule has 2 aromatic heterocycles. The summed E-state index contributed by atoms with van der Waals surface area (Å²) >= 11 is 3.01. The van der Waals surface area contributed by atoms with E-state index >= 15 is 0 Å². The second-order valence-corrected chi connectivity index (χ2v) is 7.51. The Morgan fingerprint density at radius 3 is 2.96 bits per heavy atom. The first kappa shape index (κ1) is 17.8. The van der Waals surface area contributed by atoms with Crippen molar-refractivity contribution in [3.8, 4) is 0 Å². The Labute approximate surface area is 143 Å². The summed E-state index contributed by atoms with van der Waals surface area (Å²) < 4.78 is 0.868. The number of hydrogen-bond acceptors (Lipinski definition) is 8. The molecule has 23 heavy (non-hydrogen) atoms. The van der Waals surface area contributed by atoms with Crippen LogP contribution < -0.4 is 5.32 Å². The van der Waals surface area contributed by atoms with Crippen molar-refractivity contribution >= 4 is 34.1 Å². The van der Waals surface area contributed by atoms with Crippen LogP contribution in [0.3, 0.4) is 0 Å². The van der Waals surface area contributed by atoms with E-state index in [4.69, 9.17) is 0 Å². The molecule has 0 aliphatic rings. The molecule has 1 N–H and O–H groups in total. The highest BCUT2D eigenvalue weighted by molar-refractivity contribution is 8.01. The van der Waals surface area contributed by atoms with Gasteiger partial charge in [0, 0.05) is 31.1 Å². The summed E-state index contributed by atoms with van der Waals surface area (Å²) in [5, 5.41) is 11.3. The molecular weight excluding hydrogens is 332 g/mol. The van der Waals surface area contributed by atoms with Gasteiger partial charge in [-0.1, -0.05) is 30.0 Å². The van der Waals surface area contributed by atoms with Crippen molar-refractivity contribution in [2.75, 3.05) is 24.7 Å². The Morgan fingerprint density at radius 2 is 2.26 bits per heavy atom. The number of thioether (sulfide) groups is 1. The van der Waals surface area contributed by atoms with Crippen LogP contribution in [0.4, 0.5) is 5.13 Å². The third-order valence-electron chi connectivity index (χ3n) is 3.19. The number of aromatic nitrogens is 4. The Balaban J connectivity index is 1.81. The first-order chi connectivity index (χ1) is 11.1. The summed E-state index contributed by atoms with van der Waals surface area (Å²) in [6.07, 6.45) is 5.82. The molecule has 1 amide bonds. The zero-order valence-electron chi connectivity index (χ0n) is 13.4. The van der Waals surface area contributed by atoms with E-state index in [1.807, 2.05) is 11.9 Å². The lowest BCUT2D eigenvalue weighted by Crippen LogP contribution is -2.37. The van der Waals surface area contributed by atoms with Crippen LogP contribution in [-0.2, 0) is 11.2 Å². The van der Waals surface area contributed by atoms with Crippen molar-refractivity contribution in [3.05, 3.63) is 24.3 Å². The quantitative estimate of drug-likeness (QED) is 0.574. The fourth-order valence-corrected chi connectivity index (χ4v) is 3.54. The smallest absolute Gasteiger partial charge is 0.240 e. The van der Waals surface area contributed by atoms with E-state index < -0.39 is 0 Å². The minimum atomic E-state index is -0.0947. The highest BCUT2D eigenvalue weighted by Gasteiger charge is 2.15. The van der Waals surface area contributed by atoms with E-state index in [1.54, 1.807) is 30.4 Å². The van der Waals surface area contributed by atoms with Crippen LogP contribution in [0.2, 0.25) is 0 Å². The zero-order chi connectivity index (χ0) is 16.7. The van der Waals surface area contributed by atoms with Gasteiger partial charge in [0.1, 0.15) is 0 Å². The van der Waals surface area contributed by atoms with E-state index in [2.05, 4.69) is 39.3 Å². The zero-order valence-corrected chi connectivity index (χ0v) is 15.0. The average molecular weight is 352 g/mol. The fraction of sp³-hybridized carbons (Fsp3) is 0.500. The molecule has 2 rings (SSSR count). The lowest BCUT2D eigenvalue weighted by atomic mass is 10.1. The van der Waals surface area contributed by atoms with Crippen LogP contribution in [0.15, 0.2) is 22.9 Å². The second kappa shape index (κ2) is 8.90. The molecule has 0 radical (unpaired) electrons. The van der Waals surface area contributed by atoms with Gasteiger partial charge in [-0.3, -0.25) is 25.0 Å². The number of carbonyl (C=O) groups excluding carboxylic acids is 1. The predicted molar refractivity (Wildman–Crippen MR) is 92.8 cm³/mol. The molecule has 2 aromatic rings. The van der Waals surface area contributed by atoms with E-state index in [0.29, 0.717) is 5.13 Å². The van der Waals surface area contributed by atoms with Crippen LogP contribution in [0, 0.1) is 0 Å². The van der Waals surface area contributed by atoms with Crippen LogP contribution in [0.1, 0.15) is 19.5 Å². The molecule has 9 heteroatoms. The topological polar surface area (TPSA) is 83.9 Å². The molecular formula is C14H20N6OS2. The van der Waals surface area contributed by atoms with Crippen molar-refractivity contribution in [3.63, 3.8) is 0 Å². The van der Waals surface area contributed by atoms with Gasteiger partial charge in [0.05, 0.1) is 12.2 Å². The van der Waals surface area contributed by atoms with Crippen LogP contribution in [0.25, 0.3) is 0 Å². The number of carbonyl (C=O) groups is 1. The molecule has 0 bridgehead atoms. The first-order valence-corrected chi connectivity index (χ1v) is 9.10. The SMILES string of the molecule is CCSc1nnc(NC(=O)CN(C)[C@H](C)Cc2cnccn2)s1. The van der Waals surface area contributed by atoms with E-state index in [-0.39, 0.29) is 18.5 Å². The van der Waals surface area contributed by atoms with Gasteiger partial charge in [0.15, 0.2) is 4.34 Å². The molecule has 7 nitrogen and oxygen atoms in total. The Morgan fingerprint density at radius 1 is 1.43 bits per heavy atom. The van der Waals surface area contributed by atoms with Crippen molar-refractivity contribution in [2.24, 2.45) is 0 Å². The number of anilines is 1. The first-order valence-electron chi connectivity index (χ1n) is 7.29. The van der Waals surface area contributed by atoms with Crippen LogP contribution >= 0.6 is 23.1 Å². The van der Waals surface area contributed by atoms with Crippen molar-refractivity contribution in [1.82, 2.24) is 25.1 Å². The number of likely N-dealkylation sites (N-methyl/N-ethyl adjacent to an activating group) is 1. The number of rotatable bonds is 8. The van der Waals surface area contributed by atoms with Crippen molar-refractivity contribution < 1.29 is 4.79 Å². The maximum atomic E-state index is 12.1. The maximum Gasteiger partial charge on any atom is 0.240 e. The van der Waals surface area contributed by atoms with Crippen molar-refractivity contribution in [1.29, 1.82) is 0 Å². The number of nitrogens with one attached hydrogen (secondary N) is 1. The predicted octanol–water partition coefficient (Wildman–Crippen LogP) is 1.94. The molecule has 0 saturated heterocycles. The van der Waals surface area contributed by atoms with Crippen LogP contribution in [0.5, 0.6) is 0 Å². The fourth-order valence-electron chi connectivity index (χ4n) is 1.88. The molecule has 2 heterocycles. The van der Waals surface area contributed by atoms with Gasteiger partial charge >= 0.3 is 0 Å². The Hall–Kier alpha value is -1.58. The largest absolute Gasteiger partial charge is 0.299 e. The van der Waals surface area contributed by atoms with Crippen LogP contribution in [-0.4, -0.2) is 56.4 Å². The Bertz CT molecular complexity index is 621. The highest BCUT2D eigenvalue weighted by Crippen LogP contribution is 2.24. The number of nitrogens with zero attached hydrogens (tertiary/aromatic N) is 5. The molecule has 0 unspecified atom stereocenters. The van der Waals surface area contributed by atoms with Gasteiger partial charge in [0.25, 0.3) is 0 Å². The monoisotopic (exact) mass is 352 g/mol. The van der Waals surface area contributed by atoms with Gasteiger partial charge in [-0.15, -0.1) is 10.2 Å². The molecule has 0 saturated carbocycles. The van der Waals surface area contributed by atoms with E-state index in [1.165, 1.54) is 11.3 Å². The number of hydrogen-bond donors (Lipinski definition) is 1. The molecule has 0 aromatic carbocycles. The normalized spacial score (nSPS) is 12.3. The molecule has 0 spiro atoms. The molecule has 0 aliphatic carbocycles. The highest BCUT2D eigenvalue weighted by atomic mass is 32.2. The second-order valence-electron chi connectivity index (χ2n) is 5.02. The van der Waals surface area contributed by atoms with Gasteiger partial charge in [0.2, 0.25) is 11.0 Å². The van der Waals surface area contributed by atoms with Gasteiger partial charge in [-0.05, 0) is 19.7 Å². The van der Waals surface area contributed by atoms with Gasteiger partial charge in [-0.2, -0.15) is 0 Å². The number of amides is 1. The minimum Gasteiger partial charge on any atom is -0.299 e. The molecule has 0 fully saturated rings.